The summed E-state index contributed by atoms with van der Waals surface area (Å²) in [6.45, 7) is 0.514. The van der Waals surface area contributed by atoms with Gasteiger partial charge in [-0.25, -0.2) is 4.39 Å². The highest BCUT2D eigenvalue weighted by molar-refractivity contribution is 7.10. The number of rotatable bonds is 6. The highest BCUT2D eigenvalue weighted by Crippen LogP contribution is 2.34. The highest BCUT2D eigenvalue weighted by atomic mass is 32.1. The minimum atomic E-state index is -0.330. The molecular formula is C25H25FN2O2S. The number of likely N-dealkylation sites (tertiary alicyclic amines) is 1. The molecule has 0 radical (unpaired) electrons. The average molecular weight is 437 g/mol. The molecule has 2 atom stereocenters. The van der Waals surface area contributed by atoms with Gasteiger partial charge in [0.15, 0.2) is 0 Å². The van der Waals surface area contributed by atoms with Crippen molar-refractivity contribution in [1.29, 1.82) is 0 Å². The molecule has 1 N–H and O–H groups in total. The number of halogens is 1. The molecule has 2 heterocycles. The van der Waals surface area contributed by atoms with Gasteiger partial charge in [-0.1, -0.05) is 54.6 Å². The molecule has 0 bridgehead atoms. The van der Waals surface area contributed by atoms with Crippen molar-refractivity contribution in [1.82, 2.24) is 10.2 Å². The Labute approximate surface area is 185 Å². The third-order valence-electron chi connectivity index (χ3n) is 5.77. The maximum atomic E-state index is 13.9. The van der Waals surface area contributed by atoms with Crippen LogP contribution in [0.25, 0.3) is 0 Å². The van der Waals surface area contributed by atoms with Gasteiger partial charge in [-0.3, -0.25) is 9.59 Å². The summed E-state index contributed by atoms with van der Waals surface area (Å²) in [5.74, 6) is -0.742. The Morgan fingerprint density at radius 1 is 1.00 bits per heavy atom. The Morgan fingerprint density at radius 2 is 1.77 bits per heavy atom. The number of amides is 2. The van der Waals surface area contributed by atoms with Crippen molar-refractivity contribution < 1.29 is 14.0 Å². The standard InChI is InChI=1S/C25H25FN2O2S/c26-22-11-5-4-9-19(22)16-27-25(30)20-12-13-23(18-7-2-1-3-8-18)28(17-20)24(29)15-21-10-6-14-31-21/h1-11,14,20,23H,12-13,15-17H2,(H,27,30)/t20-,23+/m0/s1. The Morgan fingerprint density at radius 3 is 2.52 bits per heavy atom. The zero-order valence-electron chi connectivity index (χ0n) is 17.2. The van der Waals surface area contributed by atoms with E-state index in [0.717, 1.165) is 16.9 Å². The van der Waals surface area contributed by atoms with Crippen LogP contribution in [0.5, 0.6) is 0 Å². The lowest BCUT2D eigenvalue weighted by Gasteiger charge is -2.39. The molecular weight excluding hydrogens is 411 g/mol. The van der Waals surface area contributed by atoms with E-state index in [1.807, 2.05) is 52.7 Å². The molecule has 2 amide bonds. The summed E-state index contributed by atoms with van der Waals surface area (Å²) in [6, 6.07) is 20.3. The molecule has 1 aromatic heterocycles. The number of carbonyl (C=O) groups excluding carboxylic acids is 2. The van der Waals surface area contributed by atoms with Crippen LogP contribution in [0.2, 0.25) is 0 Å². The molecule has 1 aliphatic heterocycles. The van der Waals surface area contributed by atoms with Crippen molar-refractivity contribution >= 4 is 23.2 Å². The molecule has 4 rings (SSSR count). The molecule has 1 aliphatic rings. The number of nitrogens with zero attached hydrogens (tertiary/aromatic N) is 1. The molecule has 0 aliphatic carbocycles. The zero-order chi connectivity index (χ0) is 21.6. The average Bonchev–Trinajstić information content (AvgIpc) is 3.31. The van der Waals surface area contributed by atoms with Gasteiger partial charge in [0, 0.05) is 23.5 Å². The summed E-state index contributed by atoms with van der Waals surface area (Å²) in [5.41, 5.74) is 1.55. The van der Waals surface area contributed by atoms with Crippen molar-refractivity contribution in [3.63, 3.8) is 0 Å². The number of benzene rings is 2. The van der Waals surface area contributed by atoms with E-state index < -0.39 is 0 Å². The summed E-state index contributed by atoms with van der Waals surface area (Å²) in [7, 11) is 0. The van der Waals surface area contributed by atoms with Crippen molar-refractivity contribution in [2.24, 2.45) is 5.92 Å². The summed E-state index contributed by atoms with van der Waals surface area (Å²) >= 11 is 1.56. The van der Waals surface area contributed by atoms with Crippen molar-refractivity contribution in [3.05, 3.63) is 93.9 Å². The van der Waals surface area contributed by atoms with Gasteiger partial charge in [0.25, 0.3) is 0 Å². The number of nitrogens with one attached hydrogen (secondary N) is 1. The lowest BCUT2D eigenvalue weighted by Crippen LogP contribution is -2.47. The first-order valence-electron chi connectivity index (χ1n) is 10.5. The smallest absolute Gasteiger partial charge is 0.228 e. The van der Waals surface area contributed by atoms with Crippen LogP contribution in [-0.2, 0) is 22.6 Å². The fourth-order valence-corrected chi connectivity index (χ4v) is 4.81. The van der Waals surface area contributed by atoms with Gasteiger partial charge in [0.2, 0.25) is 11.8 Å². The highest BCUT2D eigenvalue weighted by Gasteiger charge is 2.35. The van der Waals surface area contributed by atoms with E-state index in [0.29, 0.717) is 24.9 Å². The third kappa shape index (κ3) is 5.20. The molecule has 4 nitrogen and oxygen atoms in total. The maximum Gasteiger partial charge on any atom is 0.228 e. The van der Waals surface area contributed by atoms with Crippen LogP contribution in [0.1, 0.15) is 34.9 Å². The quantitative estimate of drug-likeness (QED) is 0.608. The van der Waals surface area contributed by atoms with Crippen LogP contribution in [0.4, 0.5) is 4.39 Å². The monoisotopic (exact) mass is 436 g/mol. The van der Waals surface area contributed by atoms with Gasteiger partial charge in [0.1, 0.15) is 5.82 Å². The molecule has 0 spiro atoms. The van der Waals surface area contributed by atoms with Crippen LogP contribution in [0, 0.1) is 11.7 Å². The summed E-state index contributed by atoms with van der Waals surface area (Å²) in [6.07, 6.45) is 1.74. The van der Waals surface area contributed by atoms with Gasteiger partial charge in [-0.05, 0) is 35.9 Å². The Balaban J connectivity index is 1.47. The van der Waals surface area contributed by atoms with E-state index in [4.69, 9.17) is 0 Å². The number of hydrogen-bond donors (Lipinski definition) is 1. The molecule has 6 heteroatoms. The number of hydrogen-bond acceptors (Lipinski definition) is 3. The molecule has 31 heavy (non-hydrogen) atoms. The number of carbonyl (C=O) groups is 2. The lowest BCUT2D eigenvalue weighted by atomic mass is 9.88. The minimum absolute atomic E-state index is 0.0305. The maximum absolute atomic E-state index is 13.9. The molecule has 0 saturated carbocycles. The van der Waals surface area contributed by atoms with Gasteiger partial charge in [-0.15, -0.1) is 11.3 Å². The van der Waals surface area contributed by atoms with Gasteiger partial charge in [-0.2, -0.15) is 0 Å². The van der Waals surface area contributed by atoms with Crippen LogP contribution < -0.4 is 5.32 Å². The minimum Gasteiger partial charge on any atom is -0.352 e. The largest absolute Gasteiger partial charge is 0.352 e. The van der Waals surface area contributed by atoms with Crippen LogP contribution in [0.3, 0.4) is 0 Å². The van der Waals surface area contributed by atoms with E-state index in [-0.39, 0.29) is 36.1 Å². The number of thiophene rings is 1. The van der Waals surface area contributed by atoms with Crippen molar-refractivity contribution in [2.45, 2.75) is 31.8 Å². The second-order valence-corrected chi connectivity index (χ2v) is 8.84. The summed E-state index contributed by atoms with van der Waals surface area (Å²) in [5, 5.41) is 4.82. The third-order valence-corrected chi connectivity index (χ3v) is 6.65. The van der Waals surface area contributed by atoms with Gasteiger partial charge < -0.3 is 10.2 Å². The second kappa shape index (κ2) is 9.88. The van der Waals surface area contributed by atoms with E-state index >= 15 is 0 Å². The van der Waals surface area contributed by atoms with E-state index in [1.54, 1.807) is 29.5 Å². The molecule has 160 valence electrons. The van der Waals surface area contributed by atoms with E-state index in [2.05, 4.69) is 5.32 Å². The SMILES string of the molecule is O=C(NCc1ccccc1F)[C@H]1CC[C@H](c2ccccc2)N(C(=O)Cc2cccs2)C1. The lowest BCUT2D eigenvalue weighted by molar-refractivity contribution is -0.138. The fraction of sp³-hybridized carbons (Fsp3) is 0.280. The summed E-state index contributed by atoms with van der Waals surface area (Å²) in [4.78, 5) is 28.9. The molecule has 2 aromatic carbocycles. The van der Waals surface area contributed by atoms with Crippen LogP contribution in [-0.4, -0.2) is 23.3 Å². The van der Waals surface area contributed by atoms with Crippen molar-refractivity contribution in [3.8, 4) is 0 Å². The first-order chi connectivity index (χ1) is 15.1. The molecule has 3 aromatic rings. The Bertz CT molecular complexity index is 1020. The van der Waals surface area contributed by atoms with Gasteiger partial charge >= 0.3 is 0 Å². The van der Waals surface area contributed by atoms with Crippen LogP contribution >= 0.6 is 11.3 Å². The van der Waals surface area contributed by atoms with E-state index in [1.165, 1.54) is 6.07 Å². The number of piperidine rings is 1. The van der Waals surface area contributed by atoms with Gasteiger partial charge in [0.05, 0.1) is 18.4 Å². The fourth-order valence-electron chi connectivity index (χ4n) is 4.11. The predicted octanol–water partition coefficient (Wildman–Crippen LogP) is 4.73. The van der Waals surface area contributed by atoms with E-state index in [9.17, 15) is 14.0 Å². The normalized spacial score (nSPS) is 18.5. The van der Waals surface area contributed by atoms with Crippen LogP contribution in [0.15, 0.2) is 72.1 Å². The predicted molar refractivity (Wildman–Crippen MR) is 120 cm³/mol. The molecule has 1 saturated heterocycles. The first kappa shape index (κ1) is 21.2. The topological polar surface area (TPSA) is 49.4 Å². The zero-order valence-corrected chi connectivity index (χ0v) is 18.0. The summed E-state index contributed by atoms with van der Waals surface area (Å²) < 4.78 is 13.9. The Hall–Kier alpha value is -2.99. The Kier molecular flexibility index (Phi) is 6.77. The first-order valence-corrected chi connectivity index (χ1v) is 11.4. The van der Waals surface area contributed by atoms with Crippen molar-refractivity contribution in [2.75, 3.05) is 6.54 Å². The molecule has 0 unspecified atom stereocenters. The second-order valence-electron chi connectivity index (χ2n) is 7.81. The molecule has 1 fully saturated rings.